The third kappa shape index (κ3) is 5.59. The summed E-state index contributed by atoms with van der Waals surface area (Å²) in [4.78, 5) is 26.3. The largest absolute Gasteiger partial charge is 0.455 e. The predicted molar refractivity (Wildman–Crippen MR) is 111 cm³/mol. The van der Waals surface area contributed by atoms with Gasteiger partial charge in [-0.15, -0.1) is 0 Å². The van der Waals surface area contributed by atoms with Crippen LogP contribution in [0.5, 0.6) is 11.5 Å². The highest BCUT2D eigenvalue weighted by atomic mass is 16.5. The van der Waals surface area contributed by atoms with Crippen molar-refractivity contribution in [3.63, 3.8) is 0 Å². The number of hydrogen-bond acceptors (Lipinski definition) is 3. The molecule has 1 aliphatic carbocycles. The van der Waals surface area contributed by atoms with Crippen molar-refractivity contribution in [3.8, 4) is 11.5 Å². The van der Waals surface area contributed by atoms with Gasteiger partial charge in [-0.25, -0.2) is 0 Å². The third-order valence-electron chi connectivity index (χ3n) is 5.04. The molecule has 28 heavy (non-hydrogen) atoms. The molecular weight excluding hydrogens is 352 g/mol. The molecule has 0 saturated heterocycles. The lowest BCUT2D eigenvalue weighted by molar-refractivity contribution is -0.121. The second-order valence-electron chi connectivity index (χ2n) is 7.21. The molecule has 3 rings (SSSR count). The molecule has 0 unspecified atom stereocenters. The highest BCUT2D eigenvalue weighted by Gasteiger charge is 2.20. The van der Waals surface area contributed by atoms with E-state index in [1.165, 1.54) is 26.2 Å². The molecule has 2 amide bonds. The number of rotatable bonds is 7. The van der Waals surface area contributed by atoms with E-state index in [4.69, 9.17) is 4.74 Å². The van der Waals surface area contributed by atoms with E-state index in [-0.39, 0.29) is 24.3 Å². The summed E-state index contributed by atoms with van der Waals surface area (Å²) >= 11 is 0. The van der Waals surface area contributed by atoms with Crippen molar-refractivity contribution in [1.82, 2.24) is 5.32 Å². The minimum Gasteiger partial charge on any atom is -0.455 e. The molecule has 0 radical (unpaired) electrons. The van der Waals surface area contributed by atoms with E-state index in [2.05, 4.69) is 5.32 Å². The Morgan fingerprint density at radius 1 is 1.00 bits per heavy atom. The minimum atomic E-state index is -0.116. The van der Waals surface area contributed by atoms with Crippen LogP contribution in [0.25, 0.3) is 0 Å². The number of nitrogens with one attached hydrogen (secondary N) is 1. The normalized spacial score (nSPS) is 14.3. The Morgan fingerprint density at radius 2 is 1.68 bits per heavy atom. The fraction of sp³-hybridized carbons (Fsp3) is 0.391. The average molecular weight is 380 g/mol. The monoisotopic (exact) mass is 380 g/mol. The number of nitrogens with zero attached hydrogens (tertiary/aromatic N) is 1. The van der Waals surface area contributed by atoms with Crippen LogP contribution >= 0.6 is 0 Å². The summed E-state index contributed by atoms with van der Waals surface area (Å²) in [5.41, 5.74) is 0.671. The number of carbonyl (C=O) groups excluding carboxylic acids is 2. The van der Waals surface area contributed by atoms with Gasteiger partial charge in [-0.05, 0) is 37.1 Å². The van der Waals surface area contributed by atoms with Crippen LogP contribution in [-0.4, -0.2) is 24.4 Å². The number of carbonyl (C=O) groups is 2. The molecule has 1 N–H and O–H groups in total. The first-order valence-corrected chi connectivity index (χ1v) is 10.0. The van der Waals surface area contributed by atoms with Gasteiger partial charge >= 0.3 is 0 Å². The molecular formula is C23H28N2O3. The highest BCUT2D eigenvalue weighted by molar-refractivity contribution is 5.94. The Labute approximate surface area is 166 Å². The molecule has 0 heterocycles. The molecule has 2 aromatic carbocycles. The van der Waals surface area contributed by atoms with Crippen molar-refractivity contribution >= 4 is 17.5 Å². The lowest BCUT2D eigenvalue weighted by Crippen LogP contribution is -2.39. The first kappa shape index (κ1) is 19.9. The first-order valence-electron chi connectivity index (χ1n) is 10.0. The Morgan fingerprint density at radius 3 is 2.39 bits per heavy atom. The Balaban J connectivity index is 1.66. The molecule has 5 nitrogen and oxygen atoms in total. The smallest absolute Gasteiger partial charge is 0.223 e. The zero-order chi connectivity index (χ0) is 19.8. The number of para-hydroxylation sites is 3. The average Bonchev–Trinajstić information content (AvgIpc) is 2.70. The highest BCUT2D eigenvalue weighted by Crippen LogP contribution is 2.32. The molecule has 1 aliphatic rings. The fourth-order valence-electron chi connectivity index (χ4n) is 3.59. The summed E-state index contributed by atoms with van der Waals surface area (Å²) in [7, 11) is 0. The van der Waals surface area contributed by atoms with Crippen molar-refractivity contribution in [2.75, 3.05) is 11.4 Å². The van der Waals surface area contributed by atoms with Crippen molar-refractivity contribution in [2.24, 2.45) is 0 Å². The molecule has 0 aliphatic heterocycles. The number of amides is 2. The summed E-state index contributed by atoms with van der Waals surface area (Å²) in [5.74, 6) is 1.18. The third-order valence-corrected chi connectivity index (χ3v) is 5.04. The van der Waals surface area contributed by atoms with Gasteiger partial charge in [0.05, 0.1) is 5.69 Å². The molecule has 0 aromatic heterocycles. The SMILES string of the molecule is CC(=O)N(CCC(=O)NC1CCCCC1)c1ccccc1Oc1ccccc1. The van der Waals surface area contributed by atoms with Crippen LogP contribution in [0.1, 0.15) is 45.4 Å². The number of ether oxygens (including phenoxy) is 1. The van der Waals surface area contributed by atoms with E-state index < -0.39 is 0 Å². The molecule has 1 fully saturated rings. The van der Waals surface area contributed by atoms with Crippen molar-refractivity contribution in [1.29, 1.82) is 0 Å². The van der Waals surface area contributed by atoms with E-state index in [0.717, 1.165) is 12.8 Å². The summed E-state index contributed by atoms with van der Waals surface area (Å²) in [6.07, 6.45) is 5.98. The lowest BCUT2D eigenvalue weighted by atomic mass is 9.95. The Kier molecular flexibility index (Phi) is 7.06. The maximum Gasteiger partial charge on any atom is 0.223 e. The van der Waals surface area contributed by atoms with Crippen LogP contribution in [-0.2, 0) is 9.59 Å². The summed E-state index contributed by atoms with van der Waals surface area (Å²) in [6, 6.07) is 17.2. The second-order valence-corrected chi connectivity index (χ2v) is 7.21. The zero-order valence-electron chi connectivity index (χ0n) is 16.4. The molecule has 0 atom stereocenters. The van der Waals surface area contributed by atoms with Crippen molar-refractivity contribution < 1.29 is 14.3 Å². The van der Waals surface area contributed by atoms with E-state index >= 15 is 0 Å². The van der Waals surface area contributed by atoms with E-state index in [0.29, 0.717) is 23.7 Å². The quantitative estimate of drug-likeness (QED) is 0.759. The summed E-state index contributed by atoms with van der Waals surface area (Å²) in [6.45, 7) is 1.83. The van der Waals surface area contributed by atoms with Crippen LogP contribution in [0.2, 0.25) is 0 Å². The fourth-order valence-corrected chi connectivity index (χ4v) is 3.59. The molecule has 148 valence electrons. The minimum absolute atomic E-state index is 0.000362. The molecule has 5 heteroatoms. The van der Waals surface area contributed by atoms with Gasteiger partial charge in [0.15, 0.2) is 5.75 Å². The van der Waals surface area contributed by atoms with Gasteiger partial charge in [0.2, 0.25) is 11.8 Å². The van der Waals surface area contributed by atoms with E-state index in [1.807, 2.05) is 54.6 Å². The maximum atomic E-state index is 12.4. The van der Waals surface area contributed by atoms with E-state index in [9.17, 15) is 9.59 Å². The number of anilines is 1. The van der Waals surface area contributed by atoms with Gasteiger partial charge < -0.3 is 15.0 Å². The second kappa shape index (κ2) is 9.93. The topological polar surface area (TPSA) is 58.6 Å². The van der Waals surface area contributed by atoms with Gasteiger partial charge in [-0.1, -0.05) is 49.6 Å². The van der Waals surface area contributed by atoms with Gasteiger partial charge in [0, 0.05) is 25.9 Å². The first-order chi connectivity index (χ1) is 13.6. The molecule has 0 spiro atoms. The standard InChI is InChI=1S/C23H28N2O3/c1-18(26)25(17-16-23(27)24-19-10-4-2-5-11-19)21-14-8-9-15-22(21)28-20-12-6-3-7-13-20/h3,6-9,12-15,19H,2,4-5,10-11,16-17H2,1H3,(H,24,27). The zero-order valence-corrected chi connectivity index (χ0v) is 16.4. The van der Waals surface area contributed by atoms with Crippen molar-refractivity contribution in [3.05, 3.63) is 54.6 Å². The summed E-state index contributed by atoms with van der Waals surface area (Å²) in [5, 5.41) is 3.11. The van der Waals surface area contributed by atoms with Gasteiger partial charge in [-0.2, -0.15) is 0 Å². The van der Waals surface area contributed by atoms with E-state index in [1.54, 1.807) is 4.90 Å². The van der Waals surface area contributed by atoms with Crippen LogP contribution in [0.15, 0.2) is 54.6 Å². The van der Waals surface area contributed by atoms with Crippen LogP contribution in [0, 0.1) is 0 Å². The maximum absolute atomic E-state index is 12.4. The van der Waals surface area contributed by atoms with Gasteiger partial charge in [0.1, 0.15) is 5.75 Å². The van der Waals surface area contributed by atoms with Crippen LogP contribution < -0.4 is 15.0 Å². The van der Waals surface area contributed by atoms with Gasteiger partial charge in [0.25, 0.3) is 0 Å². The number of benzene rings is 2. The molecule has 0 bridgehead atoms. The van der Waals surface area contributed by atoms with Gasteiger partial charge in [-0.3, -0.25) is 9.59 Å². The Hall–Kier alpha value is -2.82. The van der Waals surface area contributed by atoms with Crippen LogP contribution in [0.4, 0.5) is 5.69 Å². The molecule has 1 saturated carbocycles. The summed E-state index contributed by atoms with van der Waals surface area (Å²) < 4.78 is 5.97. The van der Waals surface area contributed by atoms with Crippen LogP contribution in [0.3, 0.4) is 0 Å². The lowest BCUT2D eigenvalue weighted by Gasteiger charge is -2.25. The predicted octanol–water partition coefficient (Wildman–Crippen LogP) is 4.67. The Bertz CT molecular complexity index is 785. The molecule has 2 aromatic rings. The van der Waals surface area contributed by atoms with Crippen molar-refractivity contribution in [2.45, 2.75) is 51.5 Å². The number of hydrogen-bond donors (Lipinski definition) is 1.